The molecule has 33 nitrogen and oxygen atoms in total. The zero-order chi connectivity index (χ0) is 90.4. The molecule has 15 rings (SSSR count). The molecule has 2 amide bonds. The van der Waals surface area contributed by atoms with Crippen LogP contribution in [-0.2, 0) is 49.3 Å². The first-order chi connectivity index (χ1) is 59.7. The standard InChI is InChI=1S/C13H21N3O.C12H17N3O.C12H17NO2.C11H15NO2.C10H11N3.C9H11N5.C8H9N5.2C8H13N3/c1-5-6-7-11-8-10(13(17)16(3)4)9-12(14-2)15-11;1-13-11-7-9(12(16)15(2)3)6-10(14-11)8-4-5-8;1-5-10-6-9(12(14)15-4)7-11(13-10)8(2)3;1-4-9-6-8(11(13)14-3)7-10(5-2)12-9;1-11-10-6-8(3-5-13-10)9-2-4-12-7-9;1-6-3-7(4-8(10-2)13-6)9-11-5-12-14-9;1-9-7-4-6(2-3-10-7)8-11-5-12-13-8;2*1-9-8-5-7(6-3-4-6)10-11(8)2/h8-9H,5-7H2,1-4H3,(H,14,15);6-8H,4-5H2,1-3H3,(H,13,14);6-8H,5H2,1-4H3;6-7H,4-5H2,1-3H3;2-3,5-7H,4H2,1H3,(H,11,13);3-5H,1-2H3,(H,10,13)(H,11,12,14);2-5H,1H3,(H,9,10)(H,11,12,13);2*5-6,9H,3-4H2,1-2H3. The maximum Gasteiger partial charge on any atom is 0.337 e. The van der Waals surface area contributed by atoms with Gasteiger partial charge in [0.1, 0.15) is 53.4 Å². The zero-order valence-electron chi connectivity index (χ0n) is 76.2. The van der Waals surface area contributed by atoms with Crippen molar-refractivity contribution in [1.82, 2.24) is 94.6 Å². The van der Waals surface area contributed by atoms with Crippen molar-refractivity contribution in [2.24, 2.45) is 19.1 Å². The number of rotatable bonds is 24. The maximum absolute atomic E-state index is 11.9. The quantitative estimate of drug-likeness (QED) is 0.0254. The Kier molecular flexibility index (Phi) is 39.5. The fraction of sp³-hybridized carbons (Fsp3) is 0.429. The van der Waals surface area contributed by atoms with E-state index in [2.05, 4.69) is 161 Å². The number of nitrogens with zero attached hydrogens (tertiary/aromatic N) is 18. The molecule has 1 aliphatic heterocycles. The third-order valence-electron chi connectivity index (χ3n) is 19.6. The molecule has 3 fully saturated rings. The van der Waals surface area contributed by atoms with Gasteiger partial charge in [-0.15, -0.1) is 0 Å². The van der Waals surface area contributed by atoms with Crippen LogP contribution >= 0.6 is 0 Å². The molecule has 0 aromatic carbocycles. The molecule has 0 radical (unpaired) electrons. The van der Waals surface area contributed by atoms with E-state index in [-0.39, 0.29) is 23.8 Å². The van der Waals surface area contributed by atoms with E-state index in [0.717, 1.165) is 160 Å². The SMILES string of the molecule is CCCCc1cc(C(=O)N(C)C)cc(NC)n1.CCc1cc(C(=O)OC)cc(C(C)C)n1.CCc1cc(C(=O)OC)cc(CC)n1.CNc1cc(-c2ncn[nH]2)cc(C)n1.CNc1cc(-c2ncn[nH]2)ccn1.CNc1cc(C(=O)N(C)C)cc(C2CC2)n1.CNc1cc(C2=CCN=C2)ccn1.CNc1cc(C2CC2)nn1C.CNc1cc(C2CC2)nn1C. The average Bonchev–Trinajstić information content (AvgIpc) is 1.68. The minimum atomic E-state index is -0.297. The third-order valence-corrected chi connectivity index (χ3v) is 19.6. The number of esters is 2. The van der Waals surface area contributed by atoms with Crippen molar-refractivity contribution in [2.75, 3.05) is 136 Å². The van der Waals surface area contributed by atoms with Gasteiger partial charge in [0.25, 0.3) is 11.8 Å². The van der Waals surface area contributed by atoms with Gasteiger partial charge in [-0.2, -0.15) is 20.4 Å². The van der Waals surface area contributed by atoms with E-state index in [1.54, 1.807) is 86.8 Å². The molecule has 662 valence electrons. The van der Waals surface area contributed by atoms with Gasteiger partial charge in [0, 0.05) is 202 Å². The predicted octanol–water partition coefficient (Wildman–Crippen LogP) is 14.8. The highest BCUT2D eigenvalue weighted by atomic mass is 16.5. The van der Waals surface area contributed by atoms with Gasteiger partial charge in [-0.05, 0) is 180 Å². The predicted molar refractivity (Wildman–Crippen MR) is 495 cm³/mol. The van der Waals surface area contributed by atoms with Crippen LogP contribution in [0.15, 0.2) is 133 Å². The number of amides is 2. The molecule has 9 N–H and O–H groups in total. The van der Waals surface area contributed by atoms with Crippen LogP contribution in [0.2, 0.25) is 0 Å². The Bertz CT molecular complexity index is 5140. The van der Waals surface area contributed by atoms with Crippen molar-refractivity contribution < 1.29 is 28.7 Å². The summed E-state index contributed by atoms with van der Waals surface area (Å²) in [6.45, 7) is 15.1. The van der Waals surface area contributed by atoms with E-state index in [1.165, 1.54) is 87.9 Å². The van der Waals surface area contributed by atoms with Gasteiger partial charge in [-0.25, -0.2) is 44.5 Å². The lowest BCUT2D eigenvalue weighted by Gasteiger charge is -2.12. The first-order valence-corrected chi connectivity index (χ1v) is 42.0. The van der Waals surface area contributed by atoms with Crippen LogP contribution < -0.4 is 37.2 Å². The molecule has 11 aromatic rings. The van der Waals surface area contributed by atoms with Crippen LogP contribution in [0.4, 0.5) is 40.7 Å². The number of H-pyrrole nitrogens is 2. The van der Waals surface area contributed by atoms with Crippen LogP contribution in [0, 0.1) is 6.92 Å². The van der Waals surface area contributed by atoms with Gasteiger partial charge < -0.3 is 56.5 Å². The lowest BCUT2D eigenvalue weighted by Crippen LogP contribution is -2.22. The Morgan fingerprint density at radius 1 is 0.476 bits per heavy atom. The number of carbonyl (C=O) groups excluding carboxylic acids is 4. The average molecular weight is 1700 g/mol. The Morgan fingerprint density at radius 3 is 1.33 bits per heavy atom. The number of aromatic nitrogens is 17. The summed E-state index contributed by atoms with van der Waals surface area (Å²) in [6.07, 6.45) is 23.8. The zero-order valence-corrected chi connectivity index (χ0v) is 76.2. The molecule has 0 unspecified atom stereocenters. The van der Waals surface area contributed by atoms with Gasteiger partial charge in [0.15, 0.2) is 11.6 Å². The maximum atomic E-state index is 11.9. The lowest BCUT2D eigenvalue weighted by molar-refractivity contribution is 0.0591. The van der Waals surface area contributed by atoms with Crippen LogP contribution in [0.5, 0.6) is 0 Å². The van der Waals surface area contributed by atoms with Crippen molar-refractivity contribution in [3.63, 3.8) is 0 Å². The van der Waals surface area contributed by atoms with E-state index < -0.39 is 0 Å². The Morgan fingerprint density at radius 2 is 0.911 bits per heavy atom. The molecule has 0 saturated heterocycles. The summed E-state index contributed by atoms with van der Waals surface area (Å²) in [5.41, 5.74) is 16.1. The fourth-order valence-electron chi connectivity index (χ4n) is 12.0. The number of hydrogen-bond donors (Lipinski definition) is 9. The lowest BCUT2D eigenvalue weighted by atomic mass is 10.1. The smallest absolute Gasteiger partial charge is 0.337 e. The molecular weight excluding hydrogens is 1570 g/mol. The third kappa shape index (κ3) is 31.3. The van der Waals surface area contributed by atoms with E-state index >= 15 is 0 Å². The van der Waals surface area contributed by atoms with Crippen molar-refractivity contribution in [3.05, 3.63) is 207 Å². The largest absolute Gasteiger partial charge is 0.465 e. The normalized spacial score (nSPS) is 12.4. The molecule has 4 aliphatic rings. The van der Waals surface area contributed by atoms with E-state index in [0.29, 0.717) is 34.1 Å². The highest BCUT2D eigenvalue weighted by molar-refractivity contribution is 6.11. The molecule has 12 heterocycles. The molecule has 0 atom stereocenters. The number of ether oxygens (including phenoxy) is 2. The first-order valence-electron chi connectivity index (χ1n) is 42.0. The molecule has 3 saturated carbocycles. The van der Waals surface area contributed by atoms with Crippen LogP contribution in [-0.4, -0.2) is 223 Å². The number of hydrogen-bond acceptors (Lipinski definition) is 27. The molecule has 0 spiro atoms. The minimum Gasteiger partial charge on any atom is -0.465 e. The van der Waals surface area contributed by atoms with Gasteiger partial charge in [0.05, 0.1) is 43.3 Å². The molecule has 11 aromatic heterocycles. The Hall–Kier alpha value is -13.4. The van der Waals surface area contributed by atoms with Gasteiger partial charge in [-0.3, -0.25) is 44.1 Å². The topological polar surface area (TPSA) is 399 Å². The number of aliphatic imine (C=N–C) groups is 1. The molecule has 124 heavy (non-hydrogen) atoms. The van der Waals surface area contributed by atoms with Crippen molar-refractivity contribution in [1.29, 1.82) is 0 Å². The van der Waals surface area contributed by atoms with E-state index in [4.69, 9.17) is 4.74 Å². The monoisotopic (exact) mass is 1690 g/mol. The highest BCUT2D eigenvalue weighted by Gasteiger charge is 2.29. The number of carbonyl (C=O) groups is 4. The first kappa shape index (κ1) is 97.8. The Labute approximate surface area is 729 Å². The van der Waals surface area contributed by atoms with Crippen molar-refractivity contribution >= 4 is 76.3 Å². The summed E-state index contributed by atoms with van der Waals surface area (Å²) >= 11 is 0. The number of methoxy groups -OCH3 is 2. The number of allylic oxidation sites excluding steroid dienone is 1. The number of aromatic amines is 2. The highest BCUT2D eigenvalue weighted by Crippen LogP contribution is 2.42. The number of anilines is 7. The molecular formula is C91H127N27O6. The molecule has 33 heteroatoms. The second-order valence-corrected chi connectivity index (χ2v) is 30.0. The summed E-state index contributed by atoms with van der Waals surface area (Å²) in [6, 6.07) is 30.5. The van der Waals surface area contributed by atoms with Crippen LogP contribution in [0.3, 0.4) is 0 Å². The fourth-order valence-corrected chi connectivity index (χ4v) is 12.0. The summed E-state index contributed by atoms with van der Waals surface area (Å²) in [7, 11) is 26.8. The van der Waals surface area contributed by atoms with Crippen molar-refractivity contribution in [3.8, 4) is 22.8 Å². The molecule has 0 bridgehead atoms. The van der Waals surface area contributed by atoms with Gasteiger partial charge >= 0.3 is 11.9 Å². The summed E-state index contributed by atoms with van der Waals surface area (Å²) in [5, 5.41) is 43.1. The summed E-state index contributed by atoms with van der Waals surface area (Å²) < 4.78 is 13.2. The molecule has 3 aliphatic carbocycles. The second kappa shape index (κ2) is 50.1. The van der Waals surface area contributed by atoms with Crippen LogP contribution in [0.1, 0.15) is 215 Å². The number of nitrogens with one attached hydrogen (secondary N) is 9. The van der Waals surface area contributed by atoms with E-state index in [9.17, 15) is 19.2 Å². The number of unbranched alkanes of at least 4 members (excludes halogenated alkanes) is 1. The van der Waals surface area contributed by atoms with Crippen molar-refractivity contribution in [2.45, 2.75) is 149 Å². The second-order valence-electron chi connectivity index (χ2n) is 30.0. The van der Waals surface area contributed by atoms with Gasteiger partial charge in [0.2, 0.25) is 0 Å². The summed E-state index contributed by atoms with van der Waals surface area (Å²) in [4.78, 5) is 92.2. The summed E-state index contributed by atoms with van der Waals surface area (Å²) in [5.74, 6) is 9.61. The Balaban J connectivity index is 0.000000192. The van der Waals surface area contributed by atoms with Crippen LogP contribution in [0.25, 0.3) is 28.3 Å². The minimum absolute atomic E-state index is 0.0154. The van der Waals surface area contributed by atoms with Gasteiger partial charge in [-0.1, -0.05) is 54.0 Å². The number of aryl methyl sites for hydroxylation is 7. The number of pyridine rings is 7. The van der Waals surface area contributed by atoms with E-state index in [1.807, 2.05) is 155 Å².